The van der Waals surface area contributed by atoms with Crippen molar-refractivity contribution in [3.63, 3.8) is 0 Å². The van der Waals surface area contributed by atoms with Gasteiger partial charge in [0.2, 0.25) is 10.0 Å². The van der Waals surface area contributed by atoms with E-state index >= 15 is 0 Å². The largest absolute Gasteiger partial charge is 0.494 e. The van der Waals surface area contributed by atoms with E-state index in [0.717, 1.165) is 46.6 Å². The summed E-state index contributed by atoms with van der Waals surface area (Å²) < 4.78 is 37.1. The lowest BCUT2D eigenvalue weighted by Gasteiger charge is -2.15. The molecule has 0 amide bonds. The highest BCUT2D eigenvalue weighted by Crippen LogP contribution is 2.32. The highest BCUT2D eigenvalue weighted by molar-refractivity contribution is 7.89. The first-order valence-electron chi connectivity index (χ1n) is 10.6. The van der Waals surface area contributed by atoms with Gasteiger partial charge in [-0.2, -0.15) is 0 Å². The molecule has 6 heteroatoms. The zero-order valence-corrected chi connectivity index (χ0v) is 19.3. The molecule has 0 aromatic heterocycles. The van der Waals surface area contributed by atoms with Crippen molar-refractivity contribution in [3.05, 3.63) is 77.1 Å². The predicted molar refractivity (Wildman–Crippen MR) is 126 cm³/mol. The highest BCUT2D eigenvalue weighted by atomic mass is 32.2. The average Bonchev–Trinajstić information content (AvgIpc) is 2.76. The van der Waals surface area contributed by atoms with Crippen LogP contribution in [-0.4, -0.2) is 27.8 Å². The molecule has 0 saturated carbocycles. The fraction of sp³-hybridized carbons (Fsp3) is 0.360. The summed E-state index contributed by atoms with van der Waals surface area (Å²) in [6, 6.07) is 12.4. The molecule has 31 heavy (non-hydrogen) atoms. The summed E-state index contributed by atoms with van der Waals surface area (Å²) in [6.07, 6.45) is 8.86. The molecule has 0 unspecified atom stereocenters. The molecule has 0 atom stereocenters. The zero-order valence-electron chi connectivity index (χ0n) is 18.5. The van der Waals surface area contributed by atoms with E-state index in [-0.39, 0.29) is 5.75 Å². The third-order valence-corrected chi connectivity index (χ3v) is 6.67. The average molecular weight is 442 g/mol. The van der Waals surface area contributed by atoms with Crippen LogP contribution in [0.25, 0.3) is 11.1 Å². The number of hydrogen-bond acceptors (Lipinski definition) is 4. The molecule has 0 bridgehead atoms. The fourth-order valence-corrected chi connectivity index (χ4v) is 4.39. The third-order valence-electron chi connectivity index (χ3n) is 5.23. The van der Waals surface area contributed by atoms with E-state index in [4.69, 9.17) is 9.47 Å². The van der Waals surface area contributed by atoms with Crippen molar-refractivity contribution in [2.24, 2.45) is 0 Å². The summed E-state index contributed by atoms with van der Waals surface area (Å²) in [7, 11) is -1.77. The molecule has 166 valence electrons. The SMILES string of the molecule is CNS(=O)(=O)CCCOc1cc(C)c(-c2cccc(COC3=CCCC=C3)c2)c(C)c1. The van der Waals surface area contributed by atoms with Gasteiger partial charge >= 0.3 is 0 Å². The van der Waals surface area contributed by atoms with Gasteiger partial charge in [-0.3, -0.25) is 0 Å². The summed E-state index contributed by atoms with van der Waals surface area (Å²) in [5.41, 5.74) is 5.70. The molecular weight excluding hydrogens is 410 g/mol. The van der Waals surface area contributed by atoms with E-state index in [0.29, 0.717) is 19.6 Å². The smallest absolute Gasteiger partial charge is 0.211 e. The lowest BCUT2D eigenvalue weighted by Crippen LogP contribution is -2.23. The predicted octanol–water partition coefficient (Wildman–Crippen LogP) is 5.04. The van der Waals surface area contributed by atoms with Crippen molar-refractivity contribution in [2.75, 3.05) is 19.4 Å². The van der Waals surface area contributed by atoms with Crippen LogP contribution in [0.15, 0.2) is 60.4 Å². The van der Waals surface area contributed by atoms with Crippen LogP contribution >= 0.6 is 0 Å². The van der Waals surface area contributed by atoms with E-state index in [1.807, 2.05) is 18.2 Å². The van der Waals surface area contributed by atoms with Crippen molar-refractivity contribution in [1.29, 1.82) is 0 Å². The molecule has 3 rings (SSSR count). The van der Waals surface area contributed by atoms with E-state index in [2.05, 4.69) is 55.0 Å². The monoisotopic (exact) mass is 441 g/mol. The Morgan fingerprint density at radius 2 is 1.81 bits per heavy atom. The number of sulfonamides is 1. The zero-order chi connectivity index (χ0) is 22.3. The van der Waals surface area contributed by atoms with Gasteiger partial charge in [0.05, 0.1) is 12.4 Å². The minimum absolute atomic E-state index is 0.0567. The van der Waals surface area contributed by atoms with Crippen molar-refractivity contribution in [3.8, 4) is 16.9 Å². The molecule has 2 aromatic carbocycles. The number of nitrogens with one attached hydrogen (secondary N) is 1. The Morgan fingerprint density at radius 1 is 1.03 bits per heavy atom. The van der Waals surface area contributed by atoms with E-state index in [1.165, 1.54) is 12.6 Å². The van der Waals surface area contributed by atoms with E-state index in [1.54, 1.807) is 0 Å². The maximum Gasteiger partial charge on any atom is 0.211 e. The lowest BCUT2D eigenvalue weighted by atomic mass is 9.94. The van der Waals surface area contributed by atoms with Gasteiger partial charge in [0, 0.05) is 0 Å². The fourth-order valence-electron chi connectivity index (χ4n) is 3.68. The Bertz CT molecular complexity index is 1050. The van der Waals surface area contributed by atoms with Crippen molar-refractivity contribution in [2.45, 2.75) is 39.7 Å². The molecule has 0 radical (unpaired) electrons. The molecule has 0 heterocycles. The Labute approximate surface area is 185 Å². The van der Waals surface area contributed by atoms with E-state index in [9.17, 15) is 8.42 Å². The van der Waals surface area contributed by atoms with Gasteiger partial charge in [-0.1, -0.05) is 24.3 Å². The minimum atomic E-state index is -3.20. The quantitative estimate of drug-likeness (QED) is 0.525. The second kappa shape index (κ2) is 10.6. The van der Waals surface area contributed by atoms with Gasteiger partial charge in [-0.25, -0.2) is 13.1 Å². The third kappa shape index (κ3) is 6.71. The van der Waals surface area contributed by atoms with Crippen LogP contribution in [0.2, 0.25) is 0 Å². The number of ether oxygens (including phenoxy) is 2. The van der Waals surface area contributed by atoms with Crippen LogP contribution in [0, 0.1) is 13.8 Å². The molecule has 0 aliphatic heterocycles. The van der Waals surface area contributed by atoms with Crippen LogP contribution in [-0.2, 0) is 21.4 Å². The number of benzene rings is 2. The molecule has 0 saturated heterocycles. The van der Waals surface area contributed by atoms with Gasteiger partial charge in [0.1, 0.15) is 18.1 Å². The number of rotatable bonds is 10. The first-order valence-corrected chi connectivity index (χ1v) is 12.3. The van der Waals surface area contributed by atoms with Crippen molar-refractivity contribution < 1.29 is 17.9 Å². The van der Waals surface area contributed by atoms with Gasteiger partial charge < -0.3 is 9.47 Å². The van der Waals surface area contributed by atoms with Crippen LogP contribution < -0.4 is 9.46 Å². The first-order chi connectivity index (χ1) is 14.9. The van der Waals surface area contributed by atoms with Gasteiger partial charge in [0.15, 0.2) is 0 Å². The van der Waals surface area contributed by atoms with Crippen LogP contribution in [0.3, 0.4) is 0 Å². The van der Waals surface area contributed by atoms with Crippen molar-refractivity contribution >= 4 is 10.0 Å². The Morgan fingerprint density at radius 3 is 2.48 bits per heavy atom. The highest BCUT2D eigenvalue weighted by Gasteiger charge is 2.11. The second-order valence-electron chi connectivity index (χ2n) is 7.73. The van der Waals surface area contributed by atoms with Gasteiger partial charge in [-0.05, 0) is 98.3 Å². The Balaban J connectivity index is 1.67. The van der Waals surface area contributed by atoms with E-state index < -0.39 is 10.0 Å². The summed E-state index contributed by atoms with van der Waals surface area (Å²) in [4.78, 5) is 0. The standard InChI is InChI=1S/C25H31NO4S/c1-19-15-24(29-13-8-14-31(27,28)26-3)16-20(2)25(19)22-10-7-9-21(17-22)18-30-23-11-5-4-6-12-23/h5,7,9-12,15-17,26H,4,6,8,13-14,18H2,1-3H3. The summed E-state index contributed by atoms with van der Waals surface area (Å²) >= 11 is 0. The molecule has 1 aliphatic carbocycles. The Hall–Kier alpha value is -2.57. The first kappa shape index (κ1) is 23.1. The lowest BCUT2D eigenvalue weighted by molar-refractivity contribution is 0.209. The molecular formula is C25H31NO4S. The number of allylic oxidation sites excluding steroid dienone is 3. The summed E-state index contributed by atoms with van der Waals surface area (Å²) in [5.74, 6) is 1.75. The minimum Gasteiger partial charge on any atom is -0.494 e. The summed E-state index contributed by atoms with van der Waals surface area (Å²) in [5, 5.41) is 0. The molecule has 5 nitrogen and oxygen atoms in total. The van der Waals surface area contributed by atoms with Crippen LogP contribution in [0.1, 0.15) is 36.0 Å². The maximum absolute atomic E-state index is 11.5. The van der Waals surface area contributed by atoms with Crippen LogP contribution in [0.5, 0.6) is 5.75 Å². The molecule has 1 N–H and O–H groups in total. The molecule has 1 aliphatic rings. The van der Waals surface area contributed by atoms with Gasteiger partial charge in [-0.15, -0.1) is 0 Å². The maximum atomic E-state index is 11.5. The normalized spacial score (nSPS) is 13.7. The topological polar surface area (TPSA) is 64.6 Å². The molecule has 0 fully saturated rings. The summed E-state index contributed by atoms with van der Waals surface area (Å²) in [6.45, 7) is 5.04. The number of aryl methyl sites for hydroxylation is 2. The van der Waals surface area contributed by atoms with Crippen LogP contribution in [0.4, 0.5) is 0 Å². The molecule has 0 spiro atoms. The van der Waals surface area contributed by atoms with Gasteiger partial charge in [0.25, 0.3) is 0 Å². The number of hydrogen-bond donors (Lipinski definition) is 1. The Kier molecular flexibility index (Phi) is 7.93. The second-order valence-corrected chi connectivity index (χ2v) is 9.78. The molecule has 2 aromatic rings. The van der Waals surface area contributed by atoms with Crippen molar-refractivity contribution in [1.82, 2.24) is 4.72 Å².